The molecule has 0 saturated carbocycles. The van der Waals surface area contributed by atoms with Crippen molar-refractivity contribution in [1.29, 1.82) is 0 Å². The van der Waals surface area contributed by atoms with Gasteiger partial charge in [0.25, 0.3) is 0 Å². The molecule has 5 nitrogen and oxygen atoms in total. The van der Waals surface area contributed by atoms with Gasteiger partial charge in [-0.15, -0.1) is 0 Å². The van der Waals surface area contributed by atoms with Crippen LogP contribution in [0.25, 0.3) is 10.9 Å². The van der Waals surface area contributed by atoms with Gasteiger partial charge in [-0.05, 0) is 68.2 Å². The molecule has 3 aromatic rings. The highest BCUT2D eigenvalue weighted by Crippen LogP contribution is 2.27. The minimum absolute atomic E-state index is 0.00763. The Morgan fingerprint density at radius 2 is 2.11 bits per heavy atom. The number of nitrogens with one attached hydrogen (secondary N) is 1. The Balaban J connectivity index is 1.58. The minimum atomic E-state index is -0.00763. The van der Waals surface area contributed by atoms with Gasteiger partial charge in [-0.2, -0.15) is 0 Å². The number of ketones is 1. The Kier molecular flexibility index (Phi) is 4.62. The molecule has 1 fully saturated rings. The first-order valence-corrected chi connectivity index (χ1v) is 9.49. The summed E-state index contributed by atoms with van der Waals surface area (Å²) in [6, 6.07) is 12.0. The molecule has 1 unspecified atom stereocenters. The minimum Gasteiger partial charge on any atom is -0.397 e. The number of benzene rings is 2. The number of H-pyrrole nitrogens is 1. The zero-order valence-corrected chi connectivity index (χ0v) is 15.7. The molecule has 2 heterocycles. The summed E-state index contributed by atoms with van der Waals surface area (Å²) in [4.78, 5) is 18.5. The zero-order chi connectivity index (χ0) is 19.0. The number of anilines is 2. The number of aromatic nitrogens is 1. The maximum Gasteiger partial charge on any atom is 0.169 e. The molecule has 1 aliphatic rings. The summed E-state index contributed by atoms with van der Waals surface area (Å²) in [6.45, 7) is 1.18. The van der Waals surface area contributed by atoms with E-state index in [9.17, 15) is 4.79 Å². The van der Waals surface area contributed by atoms with Crippen molar-refractivity contribution in [3.8, 4) is 0 Å². The summed E-state index contributed by atoms with van der Waals surface area (Å²) in [6.07, 6.45) is 5.98. The number of hydrogen-bond donors (Lipinski definition) is 3. The predicted octanol–water partition coefficient (Wildman–Crippen LogP) is 3.39. The fourth-order valence-corrected chi connectivity index (χ4v) is 4.10. The molecule has 27 heavy (non-hydrogen) atoms. The number of aromatic amines is 1. The van der Waals surface area contributed by atoms with Gasteiger partial charge >= 0.3 is 0 Å². The third-order valence-corrected chi connectivity index (χ3v) is 5.76. The lowest BCUT2D eigenvalue weighted by atomic mass is 9.98. The summed E-state index contributed by atoms with van der Waals surface area (Å²) in [5.41, 5.74) is 16.6. The first kappa shape index (κ1) is 17.6. The molecule has 1 saturated heterocycles. The van der Waals surface area contributed by atoms with E-state index in [0.29, 0.717) is 29.4 Å². The molecule has 140 valence electrons. The van der Waals surface area contributed by atoms with E-state index in [0.717, 1.165) is 17.5 Å². The SMILES string of the molecule is CN1CCCC1Cc1c[nH]c2ccc(CC(=O)c3cccc(N)c3N)cc12. The van der Waals surface area contributed by atoms with Crippen molar-refractivity contribution in [2.75, 3.05) is 25.1 Å². The number of likely N-dealkylation sites (N-methyl/N-ethyl adjacent to an activating group) is 1. The van der Waals surface area contributed by atoms with E-state index in [1.165, 1.54) is 30.3 Å². The van der Waals surface area contributed by atoms with Crippen LogP contribution in [-0.4, -0.2) is 35.3 Å². The Hall–Kier alpha value is -2.79. The highest BCUT2D eigenvalue weighted by molar-refractivity contribution is 6.04. The van der Waals surface area contributed by atoms with Crippen molar-refractivity contribution < 1.29 is 4.79 Å². The molecule has 4 rings (SSSR count). The van der Waals surface area contributed by atoms with E-state index in [2.05, 4.69) is 35.3 Å². The van der Waals surface area contributed by atoms with Crippen LogP contribution in [0.3, 0.4) is 0 Å². The summed E-state index contributed by atoms with van der Waals surface area (Å²) < 4.78 is 0. The normalized spacial score (nSPS) is 17.6. The molecule has 1 aromatic heterocycles. The van der Waals surface area contributed by atoms with Crippen molar-refractivity contribution >= 4 is 28.1 Å². The highest BCUT2D eigenvalue weighted by Gasteiger charge is 2.22. The van der Waals surface area contributed by atoms with Gasteiger partial charge in [-0.1, -0.05) is 12.1 Å². The number of Topliss-reactive ketones (excluding diaryl/α,β-unsaturated/α-hetero) is 1. The maximum atomic E-state index is 12.7. The van der Waals surface area contributed by atoms with Gasteiger partial charge < -0.3 is 21.4 Å². The molecular formula is C22H26N4O. The van der Waals surface area contributed by atoms with Gasteiger partial charge in [0, 0.05) is 35.1 Å². The van der Waals surface area contributed by atoms with Crippen LogP contribution in [0.4, 0.5) is 11.4 Å². The molecule has 0 amide bonds. The van der Waals surface area contributed by atoms with Gasteiger partial charge in [0.2, 0.25) is 0 Å². The number of carbonyl (C=O) groups excluding carboxylic acids is 1. The molecule has 5 heteroatoms. The number of rotatable bonds is 5. The topological polar surface area (TPSA) is 88.1 Å². The summed E-state index contributed by atoms with van der Waals surface area (Å²) in [7, 11) is 2.20. The summed E-state index contributed by atoms with van der Waals surface area (Å²) in [5.74, 6) is -0.00763. The second-order valence-electron chi connectivity index (χ2n) is 7.58. The molecule has 1 atom stereocenters. The molecule has 1 aliphatic heterocycles. The third kappa shape index (κ3) is 3.43. The number of nitrogens with two attached hydrogens (primary N) is 2. The van der Waals surface area contributed by atoms with E-state index in [1.807, 2.05) is 6.07 Å². The van der Waals surface area contributed by atoms with Crippen LogP contribution >= 0.6 is 0 Å². The molecule has 0 radical (unpaired) electrons. The van der Waals surface area contributed by atoms with Crippen LogP contribution < -0.4 is 11.5 Å². The van der Waals surface area contributed by atoms with Gasteiger partial charge in [-0.3, -0.25) is 4.79 Å². The lowest BCUT2D eigenvalue weighted by Crippen LogP contribution is -2.26. The fourth-order valence-electron chi connectivity index (χ4n) is 4.10. The number of likely N-dealkylation sites (tertiary alicyclic amines) is 1. The van der Waals surface area contributed by atoms with Crippen LogP contribution in [0, 0.1) is 0 Å². The quantitative estimate of drug-likeness (QED) is 0.479. The Bertz CT molecular complexity index is 991. The van der Waals surface area contributed by atoms with Gasteiger partial charge in [0.1, 0.15) is 0 Å². The summed E-state index contributed by atoms with van der Waals surface area (Å²) in [5, 5.41) is 1.21. The van der Waals surface area contributed by atoms with Crippen molar-refractivity contribution in [3.63, 3.8) is 0 Å². The van der Waals surface area contributed by atoms with Crippen molar-refractivity contribution in [1.82, 2.24) is 9.88 Å². The van der Waals surface area contributed by atoms with E-state index in [-0.39, 0.29) is 5.78 Å². The second-order valence-corrected chi connectivity index (χ2v) is 7.58. The van der Waals surface area contributed by atoms with Crippen LogP contribution in [0.5, 0.6) is 0 Å². The molecule has 0 bridgehead atoms. The van der Waals surface area contributed by atoms with E-state index in [4.69, 9.17) is 11.5 Å². The third-order valence-electron chi connectivity index (χ3n) is 5.76. The second kappa shape index (κ2) is 7.08. The van der Waals surface area contributed by atoms with Crippen molar-refractivity contribution in [2.24, 2.45) is 0 Å². The average molecular weight is 362 g/mol. The fraction of sp³-hybridized carbons (Fsp3) is 0.318. The molecular weight excluding hydrogens is 336 g/mol. The molecule has 2 aromatic carbocycles. The Labute approximate surface area is 159 Å². The largest absolute Gasteiger partial charge is 0.397 e. The number of para-hydroxylation sites is 1. The Morgan fingerprint density at radius 3 is 2.89 bits per heavy atom. The number of nitrogens with zero attached hydrogens (tertiary/aromatic N) is 1. The predicted molar refractivity (Wildman–Crippen MR) is 111 cm³/mol. The maximum absolute atomic E-state index is 12.7. The van der Waals surface area contributed by atoms with Gasteiger partial charge in [0.05, 0.1) is 11.4 Å². The van der Waals surface area contributed by atoms with E-state index in [1.54, 1.807) is 18.2 Å². The van der Waals surface area contributed by atoms with Crippen molar-refractivity contribution in [2.45, 2.75) is 31.7 Å². The molecule has 5 N–H and O–H groups in total. The van der Waals surface area contributed by atoms with Crippen LogP contribution in [0.1, 0.15) is 34.3 Å². The highest BCUT2D eigenvalue weighted by atomic mass is 16.1. The average Bonchev–Trinajstić information content (AvgIpc) is 3.24. The molecule has 0 spiro atoms. The first-order valence-electron chi connectivity index (χ1n) is 9.49. The summed E-state index contributed by atoms with van der Waals surface area (Å²) >= 11 is 0. The lowest BCUT2D eigenvalue weighted by molar-refractivity contribution is 0.0994. The van der Waals surface area contributed by atoms with Gasteiger partial charge in [-0.25, -0.2) is 0 Å². The van der Waals surface area contributed by atoms with E-state index >= 15 is 0 Å². The van der Waals surface area contributed by atoms with Crippen LogP contribution in [-0.2, 0) is 12.8 Å². The number of fused-ring (bicyclic) bond motifs is 1. The monoisotopic (exact) mass is 362 g/mol. The lowest BCUT2D eigenvalue weighted by Gasteiger charge is -2.18. The molecule has 0 aliphatic carbocycles. The smallest absolute Gasteiger partial charge is 0.169 e. The first-order chi connectivity index (χ1) is 13.0. The van der Waals surface area contributed by atoms with Crippen molar-refractivity contribution in [3.05, 3.63) is 59.3 Å². The zero-order valence-electron chi connectivity index (χ0n) is 15.7. The van der Waals surface area contributed by atoms with Crippen LogP contribution in [0.15, 0.2) is 42.6 Å². The van der Waals surface area contributed by atoms with Crippen LogP contribution in [0.2, 0.25) is 0 Å². The number of nitrogen functional groups attached to an aromatic ring is 2. The Morgan fingerprint density at radius 1 is 1.26 bits per heavy atom. The van der Waals surface area contributed by atoms with Gasteiger partial charge in [0.15, 0.2) is 5.78 Å². The number of carbonyl (C=O) groups is 1. The standard InChI is InChI=1S/C22H26N4O/c1-26-9-3-4-16(26)12-15-13-25-20-8-7-14(10-18(15)20)11-21(27)17-5-2-6-19(23)22(17)24/h2,5-8,10,13,16,25H,3-4,9,11-12,23-24H2,1H3. The van der Waals surface area contributed by atoms with E-state index < -0.39 is 0 Å². The number of hydrogen-bond acceptors (Lipinski definition) is 4.